The largest absolute Gasteiger partial charge is 0.480 e. The maximum absolute atomic E-state index is 11.6. The summed E-state index contributed by atoms with van der Waals surface area (Å²) in [6, 6.07) is -0.321. The van der Waals surface area contributed by atoms with E-state index >= 15 is 0 Å². The Morgan fingerprint density at radius 3 is 2.59 bits per heavy atom. The Labute approximate surface area is 96.9 Å². The van der Waals surface area contributed by atoms with Crippen LogP contribution in [-0.4, -0.2) is 36.4 Å². The van der Waals surface area contributed by atoms with Gasteiger partial charge in [-0.15, -0.1) is 0 Å². The highest BCUT2D eigenvalue weighted by Crippen LogP contribution is 2.08. The van der Waals surface area contributed by atoms with Crippen molar-refractivity contribution in [3.63, 3.8) is 0 Å². The van der Waals surface area contributed by atoms with Gasteiger partial charge >= 0.3 is 5.97 Å². The fraction of sp³-hybridized carbons (Fsp3) is 0.250. The molecule has 0 saturated carbocycles. The summed E-state index contributed by atoms with van der Waals surface area (Å²) in [5, 5.41) is 8.74. The Kier molecular flexibility index (Phi) is 3.86. The monoisotopic (exact) mass is 261 g/mol. The van der Waals surface area contributed by atoms with Gasteiger partial charge in [0.1, 0.15) is 6.04 Å². The predicted octanol–water partition coefficient (Wildman–Crippen LogP) is -1.38. The number of sulfonamides is 1. The third kappa shape index (κ3) is 3.57. The first-order chi connectivity index (χ1) is 7.83. The molecule has 0 radical (unpaired) electrons. The van der Waals surface area contributed by atoms with Crippen LogP contribution in [0.5, 0.6) is 0 Å². The molecule has 94 valence electrons. The number of aliphatic carboxylic acids is 1. The van der Waals surface area contributed by atoms with Crippen LogP contribution in [0.1, 0.15) is 6.42 Å². The summed E-state index contributed by atoms with van der Waals surface area (Å²) in [6.07, 6.45) is 1.95. The molecule has 9 heteroatoms. The van der Waals surface area contributed by atoms with Crippen molar-refractivity contribution in [2.24, 2.45) is 5.73 Å². The van der Waals surface area contributed by atoms with Crippen molar-refractivity contribution in [3.05, 3.63) is 18.5 Å². The van der Waals surface area contributed by atoms with E-state index in [0.29, 0.717) is 0 Å². The van der Waals surface area contributed by atoms with Crippen molar-refractivity contribution < 1.29 is 23.1 Å². The number of aromatic amines is 1. The second-order valence-corrected chi connectivity index (χ2v) is 4.94. The number of carbonyl (C=O) groups is 2. The number of carbonyl (C=O) groups excluding carboxylic acids is 1. The van der Waals surface area contributed by atoms with E-state index in [-0.39, 0.29) is 4.90 Å². The van der Waals surface area contributed by atoms with E-state index < -0.39 is 34.4 Å². The number of aromatic nitrogens is 1. The molecule has 0 unspecified atom stereocenters. The molecule has 0 aliphatic rings. The molecule has 1 aromatic rings. The van der Waals surface area contributed by atoms with Gasteiger partial charge in [0.25, 0.3) is 0 Å². The topological polar surface area (TPSA) is 142 Å². The molecule has 0 aliphatic carbocycles. The Morgan fingerprint density at radius 2 is 2.18 bits per heavy atom. The number of amides is 1. The molecule has 0 saturated heterocycles. The number of H-pyrrole nitrogens is 1. The van der Waals surface area contributed by atoms with Crippen LogP contribution in [0.4, 0.5) is 0 Å². The molecule has 1 amide bonds. The Morgan fingerprint density at radius 1 is 1.53 bits per heavy atom. The SMILES string of the molecule is NC(=O)C[C@@H](NS(=O)(=O)c1cc[nH]c1)C(=O)O. The summed E-state index contributed by atoms with van der Waals surface area (Å²) < 4.78 is 25.2. The molecular weight excluding hydrogens is 250 g/mol. The lowest BCUT2D eigenvalue weighted by atomic mass is 10.2. The lowest BCUT2D eigenvalue weighted by Gasteiger charge is -2.12. The minimum atomic E-state index is -3.98. The van der Waals surface area contributed by atoms with E-state index in [0.717, 1.165) is 0 Å². The lowest BCUT2D eigenvalue weighted by Crippen LogP contribution is -2.43. The van der Waals surface area contributed by atoms with E-state index in [1.165, 1.54) is 18.5 Å². The average molecular weight is 261 g/mol. The minimum Gasteiger partial charge on any atom is -0.480 e. The number of nitrogens with two attached hydrogens (primary N) is 1. The van der Waals surface area contributed by atoms with Crippen molar-refractivity contribution in [1.29, 1.82) is 0 Å². The maximum Gasteiger partial charge on any atom is 0.322 e. The molecule has 0 spiro atoms. The van der Waals surface area contributed by atoms with Crippen LogP contribution in [0.2, 0.25) is 0 Å². The van der Waals surface area contributed by atoms with Gasteiger partial charge in [-0.2, -0.15) is 4.72 Å². The highest BCUT2D eigenvalue weighted by Gasteiger charge is 2.26. The van der Waals surface area contributed by atoms with E-state index in [4.69, 9.17) is 10.8 Å². The van der Waals surface area contributed by atoms with Crippen molar-refractivity contribution in [1.82, 2.24) is 9.71 Å². The molecule has 0 aliphatic heterocycles. The summed E-state index contributed by atoms with van der Waals surface area (Å²) in [6.45, 7) is 0. The molecular formula is C8H11N3O5S. The van der Waals surface area contributed by atoms with Crippen LogP contribution < -0.4 is 10.5 Å². The predicted molar refractivity (Wildman–Crippen MR) is 56.3 cm³/mol. The molecule has 1 rings (SSSR count). The molecule has 5 N–H and O–H groups in total. The highest BCUT2D eigenvalue weighted by atomic mass is 32.2. The van der Waals surface area contributed by atoms with Crippen LogP contribution in [0.15, 0.2) is 23.4 Å². The first kappa shape index (κ1) is 13.2. The van der Waals surface area contributed by atoms with E-state index in [9.17, 15) is 18.0 Å². The Bertz CT molecular complexity index is 507. The first-order valence-electron chi connectivity index (χ1n) is 4.49. The normalized spacial score (nSPS) is 13.2. The zero-order valence-electron chi connectivity index (χ0n) is 8.58. The third-order valence-corrected chi connectivity index (χ3v) is 3.35. The van der Waals surface area contributed by atoms with Gasteiger partial charge in [0.2, 0.25) is 15.9 Å². The van der Waals surface area contributed by atoms with Crippen molar-refractivity contribution in [2.45, 2.75) is 17.4 Å². The van der Waals surface area contributed by atoms with Gasteiger partial charge in [0.15, 0.2) is 0 Å². The van der Waals surface area contributed by atoms with Gasteiger partial charge in [0.05, 0.1) is 11.3 Å². The summed E-state index contributed by atoms with van der Waals surface area (Å²) >= 11 is 0. The smallest absolute Gasteiger partial charge is 0.322 e. The van der Waals surface area contributed by atoms with Gasteiger partial charge in [-0.05, 0) is 6.07 Å². The summed E-state index contributed by atoms with van der Waals surface area (Å²) in [7, 11) is -3.98. The highest BCUT2D eigenvalue weighted by molar-refractivity contribution is 7.89. The van der Waals surface area contributed by atoms with E-state index in [2.05, 4.69) is 4.98 Å². The number of hydrogen-bond acceptors (Lipinski definition) is 4. The number of rotatable bonds is 6. The van der Waals surface area contributed by atoms with Crippen LogP contribution in [0.3, 0.4) is 0 Å². The van der Waals surface area contributed by atoms with Gasteiger partial charge in [-0.3, -0.25) is 9.59 Å². The number of carboxylic acids is 1. The van der Waals surface area contributed by atoms with Gasteiger partial charge in [-0.25, -0.2) is 8.42 Å². The quantitative estimate of drug-likeness (QED) is 0.499. The molecule has 0 fully saturated rings. The molecule has 17 heavy (non-hydrogen) atoms. The second kappa shape index (κ2) is 4.97. The Hall–Kier alpha value is -1.87. The summed E-state index contributed by atoms with van der Waals surface area (Å²) in [4.78, 5) is 23.7. The standard InChI is InChI=1S/C8H11N3O5S/c9-7(12)3-6(8(13)14)11-17(15,16)5-1-2-10-4-5/h1-2,4,6,10-11H,3H2,(H2,9,12)(H,13,14)/t6-/m1/s1. The zero-order valence-corrected chi connectivity index (χ0v) is 9.40. The number of carboxylic acid groups (broad SMARTS) is 1. The number of nitrogens with one attached hydrogen (secondary N) is 2. The second-order valence-electron chi connectivity index (χ2n) is 3.23. The fourth-order valence-electron chi connectivity index (χ4n) is 1.11. The van der Waals surface area contributed by atoms with Crippen molar-refractivity contribution in [3.8, 4) is 0 Å². The minimum absolute atomic E-state index is 0.117. The maximum atomic E-state index is 11.6. The van der Waals surface area contributed by atoms with Gasteiger partial charge < -0.3 is 15.8 Å². The average Bonchev–Trinajstić information content (AvgIpc) is 2.68. The number of hydrogen-bond donors (Lipinski definition) is 4. The van der Waals surface area contributed by atoms with Gasteiger partial charge in [-0.1, -0.05) is 0 Å². The zero-order chi connectivity index (χ0) is 13.1. The summed E-state index contributed by atoms with van der Waals surface area (Å²) in [5.74, 6) is -2.38. The van der Waals surface area contributed by atoms with E-state index in [1.54, 1.807) is 0 Å². The van der Waals surface area contributed by atoms with Crippen molar-refractivity contribution in [2.75, 3.05) is 0 Å². The van der Waals surface area contributed by atoms with E-state index in [1.807, 2.05) is 4.72 Å². The molecule has 8 nitrogen and oxygen atoms in total. The summed E-state index contributed by atoms with van der Waals surface area (Å²) in [5.41, 5.74) is 4.83. The van der Waals surface area contributed by atoms with Crippen LogP contribution in [0, 0.1) is 0 Å². The van der Waals surface area contributed by atoms with Crippen LogP contribution >= 0.6 is 0 Å². The first-order valence-corrected chi connectivity index (χ1v) is 5.97. The third-order valence-electron chi connectivity index (χ3n) is 1.88. The molecule has 1 aromatic heterocycles. The molecule has 1 atom stereocenters. The number of primary amides is 1. The lowest BCUT2D eigenvalue weighted by molar-refractivity contribution is -0.140. The molecule has 0 bridgehead atoms. The Balaban J connectivity index is 2.87. The van der Waals surface area contributed by atoms with Crippen LogP contribution in [-0.2, 0) is 19.6 Å². The van der Waals surface area contributed by atoms with Gasteiger partial charge in [0, 0.05) is 12.4 Å². The van der Waals surface area contributed by atoms with Crippen molar-refractivity contribution >= 4 is 21.9 Å². The molecule has 1 heterocycles. The fourth-order valence-corrected chi connectivity index (χ4v) is 2.28. The molecule has 0 aromatic carbocycles. The van der Waals surface area contributed by atoms with Crippen LogP contribution in [0.25, 0.3) is 0 Å².